The number of carbonyl (C=O) groups is 2. The van der Waals surface area contributed by atoms with Crippen molar-refractivity contribution in [2.75, 3.05) is 19.8 Å². The molecule has 2 atom stereocenters. The molecule has 0 fully saturated rings. The maximum Gasteiger partial charge on any atom is 0.306 e. The summed E-state index contributed by atoms with van der Waals surface area (Å²) >= 11 is 0. The largest absolute Gasteiger partial charge is 0.462 e. The minimum Gasteiger partial charge on any atom is -0.462 e. The number of hydrogen-bond acceptors (Lipinski definition) is 9. The van der Waals surface area contributed by atoms with Crippen LogP contribution in [0.25, 0.3) is 0 Å². The first-order valence-electron chi connectivity index (χ1n) is 22.5. The minimum atomic E-state index is -1.55. The van der Waals surface area contributed by atoms with E-state index in [1.54, 1.807) is 12.1 Å². The Kier molecular flexibility index (Phi) is 32.3. The molecule has 0 aromatic heterocycles. The van der Waals surface area contributed by atoms with Crippen LogP contribution in [0, 0.1) is 10.1 Å². The van der Waals surface area contributed by atoms with Crippen molar-refractivity contribution < 1.29 is 33.0 Å². The number of esters is 2. The van der Waals surface area contributed by atoms with Crippen LogP contribution in [0.4, 0.5) is 5.69 Å². The van der Waals surface area contributed by atoms with Gasteiger partial charge in [-0.05, 0) is 52.5 Å². The number of unbranched alkanes of at least 4 members (excludes halogenated alkanes) is 20. The summed E-state index contributed by atoms with van der Waals surface area (Å²) in [6.07, 6.45) is 27.0. The van der Waals surface area contributed by atoms with Gasteiger partial charge in [-0.15, -0.1) is 0 Å². The Morgan fingerprint density at radius 3 is 1.48 bits per heavy atom. The van der Waals surface area contributed by atoms with E-state index >= 15 is 0 Å². The molecule has 1 aromatic rings. The fraction of sp³-hybridized carbons (Fsp3) is 0.822. The number of nitro benzene ring substituents is 1. The first-order chi connectivity index (χ1) is 27.1. The summed E-state index contributed by atoms with van der Waals surface area (Å²) in [6.45, 7) is 13.1. The average Bonchev–Trinajstić information content (AvgIpc) is 3.16. The van der Waals surface area contributed by atoms with Gasteiger partial charge in [-0.1, -0.05) is 154 Å². The molecule has 0 radical (unpaired) electrons. The smallest absolute Gasteiger partial charge is 0.306 e. The van der Waals surface area contributed by atoms with Gasteiger partial charge in [0.05, 0.1) is 18.1 Å². The lowest BCUT2D eigenvalue weighted by atomic mass is 10.1. The molecule has 2 unspecified atom stereocenters. The zero-order chi connectivity index (χ0) is 41.2. The number of ether oxygens (including phenoxy) is 2. The van der Waals surface area contributed by atoms with E-state index in [4.69, 9.17) is 18.5 Å². The lowest BCUT2D eigenvalue weighted by Crippen LogP contribution is -2.35. The second kappa shape index (κ2) is 34.9. The van der Waals surface area contributed by atoms with Gasteiger partial charge < -0.3 is 18.5 Å². The van der Waals surface area contributed by atoms with Crippen molar-refractivity contribution in [1.29, 1.82) is 0 Å². The standard InChI is InChI=1S/C45H81N2O8P/c1-7-9-11-13-15-17-19-21-23-25-27-29-44(48)52-37-43(55-45(49)30-28-26-24-22-20-18-16-14-12-10-8-2)38-54-56(46(39(3)4)40(5)6)53-36-35-41-31-33-42(34-32-41)47(50)51/h31-34,39-40,43H,7-30,35-38H2,1-6H3. The molecule has 0 aliphatic carbocycles. The third-order valence-corrected chi connectivity index (χ3v) is 12.1. The van der Waals surface area contributed by atoms with Gasteiger partial charge in [-0.2, -0.15) is 0 Å². The van der Waals surface area contributed by atoms with E-state index in [2.05, 4.69) is 46.2 Å². The predicted octanol–water partition coefficient (Wildman–Crippen LogP) is 13.4. The van der Waals surface area contributed by atoms with E-state index in [0.29, 0.717) is 25.9 Å². The van der Waals surface area contributed by atoms with Gasteiger partial charge in [-0.25, -0.2) is 4.67 Å². The molecule has 0 heterocycles. The van der Waals surface area contributed by atoms with Crippen molar-refractivity contribution in [1.82, 2.24) is 4.67 Å². The van der Waals surface area contributed by atoms with Crippen LogP contribution >= 0.6 is 8.53 Å². The third kappa shape index (κ3) is 27.5. The van der Waals surface area contributed by atoms with E-state index in [1.165, 1.54) is 115 Å². The van der Waals surface area contributed by atoms with Crippen LogP contribution in [0.2, 0.25) is 0 Å². The van der Waals surface area contributed by atoms with Crippen LogP contribution in [0.15, 0.2) is 24.3 Å². The highest BCUT2D eigenvalue weighted by Gasteiger charge is 2.29. The second-order valence-electron chi connectivity index (χ2n) is 16.0. The first-order valence-corrected chi connectivity index (χ1v) is 23.6. The highest BCUT2D eigenvalue weighted by atomic mass is 31.2. The SMILES string of the molecule is CCCCCCCCCCCCCC(=O)OCC(COP(OCCc1ccc([N+](=O)[O-])cc1)N(C(C)C)C(C)C)OC(=O)CCCCCCCCCCCCC. The van der Waals surface area contributed by atoms with E-state index < -0.39 is 19.6 Å². The van der Waals surface area contributed by atoms with Gasteiger partial charge in [0.2, 0.25) is 0 Å². The van der Waals surface area contributed by atoms with Crippen LogP contribution in [0.1, 0.15) is 201 Å². The van der Waals surface area contributed by atoms with Gasteiger partial charge in [0.15, 0.2) is 6.10 Å². The van der Waals surface area contributed by atoms with Gasteiger partial charge in [-0.3, -0.25) is 19.7 Å². The fourth-order valence-corrected chi connectivity index (χ4v) is 8.44. The Bertz CT molecular complexity index is 1110. The molecule has 0 bridgehead atoms. The maximum absolute atomic E-state index is 13.0. The first kappa shape index (κ1) is 51.9. The van der Waals surface area contributed by atoms with Crippen molar-refractivity contribution in [2.45, 2.75) is 220 Å². The van der Waals surface area contributed by atoms with E-state index in [0.717, 1.165) is 44.1 Å². The number of benzene rings is 1. The molecule has 0 saturated heterocycles. The van der Waals surface area contributed by atoms with Gasteiger partial charge >= 0.3 is 11.9 Å². The maximum atomic E-state index is 13.0. The molecule has 1 rings (SSSR count). The number of hydrogen-bond donors (Lipinski definition) is 0. The van der Waals surface area contributed by atoms with Gasteiger partial charge in [0, 0.05) is 37.1 Å². The van der Waals surface area contributed by atoms with Crippen molar-refractivity contribution in [2.24, 2.45) is 0 Å². The molecule has 0 aliphatic heterocycles. The molecule has 1 aromatic carbocycles. The summed E-state index contributed by atoms with van der Waals surface area (Å²) in [5, 5.41) is 11.1. The Morgan fingerprint density at radius 1 is 0.625 bits per heavy atom. The van der Waals surface area contributed by atoms with Crippen molar-refractivity contribution in [3.05, 3.63) is 39.9 Å². The Morgan fingerprint density at radius 2 is 1.05 bits per heavy atom. The minimum absolute atomic E-state index is 0.0366. The molecular formula is C45H81N2O8P. The van der Waals surface area contributed by atoms with Crippen molar-refractivity contribution >= 4 is 26.2 Å². The van der Waals surface area contributed by atoms with Crippen LogP contribution in [-0.2, 0) is 34.5 Å². The summed E-state index contributed by atoms with van der Waals surface area (Å²) in [6, 6.07) is 6.71. The molecule has 56 heavy (non-hydrogen) atoms. The monoisotopic (exact) mass is 809 g/mol. The van der Waals surface area contributed by atoms with Crippen LogP contribution in [0.3, 0.4) is 0 Å². The zero-order valence-electron chi connectivity index (χ0n) is 36.4. The lowest BCUT2D eigenvalue weighted by molar-refractivity contribution is -0.384. The van der Waals surface area contributed by atoms with Crippen LogP contribution in [-0.4, -0.2) is 59.5 Å². The van der Waals surface area contributed by atoms with E-state index in [1.807, 2.05) is 0 Å². The average molecular weight is 809 g/mol. The molecule has 0 amide bonds. The fourth-order valence-electron chi connectivity index (χ4n) is 6.80. The van der Waals surface area contributed by atoms with Gasteiger partial charge in [0.25, 0.3) is 14.2 Å². The third-order valence-electron chi connectivity index (χ3n) is 10.1. The number of non-ortho nitro benzene ring substituents is 1. The van der Waals surface area contributed by atoms with Gasteiger partial charge in [0.1, 0.15) is 6.61 Å². The molecule has 0 spiro atoms. The zero-order valence-corrected chi connectivity index (χ0v) is 37.3. The summed E-state index contributed by atoms with van der Waals surface area (Å²) in [7, 11) is -1.55. The summed E-state index contributed by atoms with van der Waals surface area (Å²) < 4.78 is 26.5. The highest BCUT2D eigenvalue weighted by Crippen LogP contribution is 2.46. The summed E-state index contributed by atoms with van der Waals surface area (Å²) in [4.78, 5) is 36.5. The molecule has 0 aliphatic rings. The topological polar surface area (TPSA) is 117 Å². The van der Waals surface area contributed by atoms with Crippen LogP contribution in [0.5, 0.6) is 0 Å². The number of nitrogens with zero attached hydrogens (tertiary/aromatic N) is 2. The van der Waals surface area contributed by atoms with Crippen molar-refractivity contribution in [3.8, 4) is 0 Å². The molecule has 11 heteroatoms. The molecule has 0 N–H and O–H groups in total. The molecule has 10 nitrogen and oxygen atoms in total. The Balaban J connectivity index is 2.70. The molecule has 324 valence electrons. The molecular weight excluding hydrogens is 727 g/mol. The predicted molar refractivity (Wildman–Crippen MR) is 231 cm³/mol. The Hall–Kier alpha value is -2.13. The molecule has 0 saturated carbocycles. The van der Waals surface area contributed by atoms with Crippen LogP contribution < -0.4 is 0 Å². The lowest BCUT2D eigenvalue weighted by Gasteiger charge is -2.36. The summed E-state index contributed by atoms with van der Waals surface area (Å²) in [5.74, 6) is -0.580. The van der Waals surface area contributed by atoms with Crippen molar-refractivity contribution in [3.63, 3.8) is 0 Å². The number of carbonyl (C=O) groups excluding carboxylic acids is 2. The number of rotatable bonds is 38. The van der Waals surface area contributed by atoms with E-state index in [9.17, 15) is 19.7 Å². The number of nitro groups is 1. The Labute approximate surface area is 343 Å². The van der Waals surface area contributed by atoms with E-state index in [-0.39, 0.29) is 42.9 Å². The highest BCUT2D eigenvalue weighted by molar-refractivity contribution is 7.44. The normalized spacial score (nSPS) is 12.7. The quantitative estimate of drug-likeness (QED) is 0.0211. The second-order valence-corrected chi connectivity index (χ2v) is 17.4. The summed E-state index contributed by atoms with van der Waals surface area (Å²) in [5.41, 5.74) is 0.972.